The van der Waals surface area contributed by atoms with Crippen molar-refractivity contribution < 1.29 is 17.9 Å². The second-order valence-electron chi connectivity index (χ2n) is 3.81. The van der Waals surface area contributed by atoms with Crippen LogP contribution in [0, 0.1) is 0 Å². The Morgan fingerprint density at radius 3 is 2.61 bits per heavy atom. The number of hydrogen-bond donors (Lipinski definition) is 0. The predicted molar refractivity (Wildman–Crippen MR) is 64.9 cm³/mol. The zero-order chi connectivity index (χ0) is 12.8. The molecule has 0 spiro atoms. The monoisotopic (exact) mass is 268 g/mol. The molecule has 2 aliphatic rings. The normalized spacial score (nSPS) is 17.8. The van der Waals surface area contributed by atoms with E-state index in [-0.39, 0.29) is 0 Å². The molecule has 2 aliphatic heterocycles. The maximum atomic E-state index is 12.6. The van der Waals surface area contributed by atoms with Gasteiger partial charge in [0.2, 0.25) is 0 Å². The molecule has 0 N–H and O–H groups in total. The average molecular weight is 268 g/mol. The van der Waals surface area contributed by atoms with Crippen LogP contribution in [0.3, 0.4) is 0 Å². The fourth-order valence-electron chi connectivity index (χ4n) is 1.73. The van der Waals surface area contributed by atoms with Gasteiger partial charge in [0.25, 0.3) is 0 Å². The molecule has 0 atom stereocenters. The zero-order valence-corrected chi connectivity index (χ0v) is 9.81. The second-order valence-corrected chi connectivity index (χ2v) is 4.89. The fraction of sp³-hybridized carbons (Fsp3) is 0.0769. The van der Waals surface area contributed by atoms with Crippen molar-refractivity contribution in [2.45, 2.75) is 6.18 Å². The third kappa shape index (κ3) is 1.95. The highest BCUT2D eigenvalue weighted by atomic mass is 32.2. The van der Waals surface area contributed by atoms with Crippen LogP contribution in [0.5, 0.6) is 5.75 Å². The lowest BCUT2D eigenvalue weighted by Crippen LogP contribution is -2.13. The van der Waals surface area contributed by atoms with E-state index >= 15 is 0 Å². The maximum absolute atomic E-state index is 12.6. The van der Waals surface area contributed by atoms with E-state index in [0.29, 0.717) is 28.2 Å². The van der Waals surface area contributed by atoms with Crippen LogP contribution in [0.2, 0.25) is 0 Å². The minimum atomic E-state index is -4.31. The van der Waals surface area contributed by atoms with Gasteiger partial charge in [0, 0.05) is 5.56 Å². The van der Waals surface area contributed by atoms with Gasteiger partial charge in [0.05, 0.1) is 9.81 Å². The smallest absolute Gasteiger partial charge is 0.422 e. The highest BCUT2D eigenvalue weighted by Gasteiger charge is 2.37. The van der Waals surface area contributed by atoms with Crippen LogP contribution >= 0.6 is 11.8 Å². The van der Waals surface area contributed by atoms with Crippen LogP contribution in [0.15, 0.2) is 52.0 Å². The van der Waals surface area contributed by atoms with Crippen molar-refractivity contribution in [1.29, 1.82) is 0 Å². The van der Waals surface area contributed by atoms with Crippen molar-refractivity contribution in [3.05, 3.63) is 57.6 Å². The third-order valence-electron chi connectivity index (χ3n) is 2.55. The van der Waals surface area contributed by atoms with Crippen molar-refractivity contribution >= 4 is 17.8 Å². The first-order valence-electron chi connectivity index (χ1n) is 5.20. The molecule has 1 nitrogen and oxygen atoms in total. The van der Waals surface area contributed by atoms with Crippen LogP contribution < -0.4 is 4.74 Å². The lowest BCUT2D eigenvalue weighted by atomic mass is 10.1. The topological polar surface area (TPSA) is 9.23 Å². The molecule has 0 unspecified atom stereocenters. The Balaban J connectivity index is 2.01. The summed E-state index contributed by atoms with van der Waals surface area (Å²) in [6.45, 7) is 0. The molecular formula is C13H7F3OS. The van der Waals surface area contributed by atoms with Gasteiger partial charge in [-0.3, -0.25) is 0 Å². The van der Waals surface area contributed by atoms with Crippen molar-refractivity contribution in [2.24, 2.45) is 0 Å². The van der Waals surface area contributed by atoms with E-state index in [1.807, 2.05) is 18.2 Å². The lowest BCUT2D eigenvalue weighted by Gasteiger charge is -2.23. The maximum Gasteiger partial charge on any atom is 0.422 e. The summed E-state index contributed by atoms with van der Waals surface area (Å²) in [7, 11) is 0. The summed E-state index contributed by atoms with van der Waals surface area (Å²) in [5, 5.41) is 0. The van der Waals surface area contributed by atoms with Crippen molar-refractivity contribution in [2.75, 3.05) is 0 Å². The van der Waals surface area contributed by atoms with Gasteiger partial charge in [-0.1, -0.05) is 30.0 Å². The van der Waals surface area contributed by atoms with Crippen LogP contribution in [0.25, 0.3) is 6.08 Å². The van der Waals surface area contributed by atoms with Gasteiger partial charge in [-0.25, -0.2) is 0 Å². The molecular weight excluding hydrogens is 261 g/mol. The fourth-order valence-corrected chi connectivity index (χ4v) is 2.61. The van der Waals surface area contributed by atoms with Gasteiger partial charge in [0.15, 0.2) is 0 Å². The molecule has 5 heteroatoms. The van der Waals surface area contributed by atoms with Crippen LogP contribution in [0.4, 0.5) is 13.2 Å². The van der Waals surface area contributed by atoms with E-state index in [9.17, 15) is 13.2 Å². The van der Waals surface area contributed by atoms with Crippen LogP contribution in [-0.2, 0) is 0 Å². The molecule has 1 aromatic carbocycles. The molecule has 0 radical (unpaired) electrons. The molecule has 92 valence electrons. The largest absolute Gasteiger partial charge is 0.456 e. The Labute approximate surface area is 106 Å². The summed E-state index contributed by atoms with van der Waals surface area (Å²) in [6, 6.07) is 7.25. The first kappa shape index (κ1) is 11.5. The number of para-hydroxylation sites is 1. The molecule has 1 aromatic rings. The Morgan fingerprint density at radius 2 is 1.83 bits per heavy atom. The van der Waals surface area contributed by atoms with Gasteiger partial charge in [-0.2, -0.15) is 13.2 Å². The number of fused-ring (bicyclic) bond motifs is 2. The lowest BCUT2D eigenvalue weighted by molar-refractivity contribution is -0.0836. The standard InChI is InChI=1S/C13H7F3OS/c14-13(15,16)12-6-5-10-11(18-12)7-8-3-1-2-4-9(8)17-10/h1-7H. The molecule has 3 rings (SSSR count). The number of thioether (sulfide) groups is 1. The molecule has 0 amide bonds. The molecule has 0 aromatic heterocycles. The van der Waals surface area contributed by atoms with Gasteiger partial charge < -0.3 is 4.74 Å². The minimum absolute atomic E-state index is 0.465. The molecule has 0 saturated carbocycles. The highest BCUT2D eigenvalue weighted by Crippen LogP contribution is 2.47. The summed E-state index contributed by atoms with van der Waals surface area (Å²) in [6.07, 6.45) is -0.190. The van der Waals surface area contributed by atoms with Crippen molar-refractivity contribution in [3.8, 4) is 5.75 Å². The SMILES string of the molecule is FC(F)(F)C1=CC=C2Oc3ccccc3C=C2S1. The molecule has 0 bridgehead atoms. The first-order valence-corrected chi connectivity index (χ1v) is 6.02. The van der Waals surface area contributed by atoms with E-state index in [1.165, 1.54) is 6.08 Å². The van der Waals surface area contributed by atoms with Gasteiger partial charge >= 0.3 is 6.18 Å². The number of rotatable bonds is 0. The molecule has 0 saturated heterocycles. The van der Waals surface area contributed by atoms with Crippen molar-refractivity contribution in [1.82, 2.24) is 0 Å². The Hall–Kier alpha value is -1.62. The second kappa shape index (κ2) is 3.95. The Bertz CT molecular complexity index is 596. The highest BCUT2D eigenvalue weighted by molar-refractivity contribution is 8.07. The number of halogens is 3. The number of allylic oxidation sites excluding steroid dienone is 3. The van der Waals surface area contributed by atoms with E-state index in [0.717, 1.165) is 11.6 Å². The number of alkyl halides is 3. The number of hydrogen-bond acceptors (Lipinski definition) is 2. The zero-order valence-electron chi connectivity index (χ0n) is 8.99. The summed E-state index contributed by atoms with van der Waals surface area (Å²) >= 11 is 0.690. The van der Waals surface area contributed by atoms with Gasteiger partial charge in [-0.15, -0.1) is 0 Å². The Morgan fingerprint density at radius 1 is 1.06 bits per heavy atom. The van der Waals surface area contributed by atoms with Gasteiger partial charge in [-0.05, 0) is 24.3 Å². The average Bonchev–Trinajstić information content (AvgIpc) is 2.34. The third-order valence-corrected chi connectivity index (χ3v) is 3.68. The van der Waals surface area contributed by atoms with E-state index in [4.69, 9.17) is 4.74 Å². The molecule has 2 heterocycles. The summed E-state index contributed by atoms with van der Waals surface area (Å²) in [5.41, 5.74) is 0.792. The van der Waals surface area contributed by atoms with Crippen molar-refractivity contribution in [3.63, 3.8) is 0 Å². The predicted octanol–water partition coefficient (Wildman–Crippen LogP) is 4.50. The molecule has 18 heavy (non-hydrogen) atoms. The quantitative estimate of drug-likeness (QED) is 0.685. The van der Waals surface area contributed by atoms with E-state index in [1.54, 1.807) is 12.1 Å². The summed E-state index contributed by atoms with van der Waals surface area (Å²) in [4.78, 5) is -0.135. The Kier molecular flexibility index (Phi) is 2.52. The summed E-state index contributed by atoms with van der Waals surface area (Å²) in [5.74, 6) is 1.13. The van der Waals surface area contributed by atoms with Gasteiger partial charge in [0.1, 0.15) is 11.5 Å². The first-order chi connectivity index (χ1) is 8.54. The number of ether oxygens (including phenoxy) is 1. The molecule has 0 fully saturated rings. The van der Waals surface area contributed by atoms with Crippen LogP contribution in [0.1, 0.15) is 5.56 Å². The van der Waals surface area contributed by atoms with Crippen LogP contribution in [-0.4, -0.2) is 6.18 Å². The molecule has 0 aliphatic carbocycles. The summed E-state index contributed by atoms with van der Waals surface area (Å²) < 4.78 is 43.4. The van der Waals surface area contributed by atoms with E-state index < -0.39 is 11.1 Å². The minimum Gasteiger partial charge on any atom is -0.456 e. The van der Waals surface area contributed by atoms with E-state index in [2.05, 4.69) is 0 Å². The number of benzene rings is 1.